The number of nitrogens with zero attached hydrogens (tertiary/aromatic N) is 4. The standard InChI is InChI=1S/C22H19BClN5O5PS/c23-35(31)32-10-15-18(34-35)17(30)21(33-15)29-20-16(28-22(29)36-14-8-6-12(24)7-9-14)19(25-11-26-20)27-13-4-2-1-3-5-13/h1-9,11,15,17-18,21,30-31H,10H2,(H,25,26,27)/q+1/t15-,17?,18+,21-,35?/m1/s1. The van der Waals surface area contributed by atoms with Crippen LogP contribution in [0.1, 0.15) is 6.23 Å². The summed E-state index contributed by atoms with van der Waals surface area (Å²) in [7, 11) is 2.15. The quantitative estimate of drug-likeness (QED) is 0.253. The summed E-state index contributed by atoms with van der Waals surface area (Å²) in [4.78, 5) is 24.7. The number of hydrogen-bond acceptors (Lipinski definition) is 10. The third-order valence-electron chi connectivity index (χ3n) is 5.76. The lowest BCUT2D eigenvalue weighted by Crippen LogP contribution is -2.40. The van der Waals surface area contributed by atoms with Gasteiger partial charge in [0.25, 0.3) is 0 Å². The lowest BCUT2D eigenvalue weighted by Gasteiger charge is -2.27. The Morgan fingerprint density at radius 3 is 2.69 bits per heavy atom. The molecule has 14 heteroatoms. The van der Waals surface area contributed by atoms with Crippen molar-refractivity contribution in [3.05, 3.63) is 65.9 Å². The van der Waals surface area contributed by atoms with Crippen molar-refractivity contribution in [3.8, 4) is 0 Å². The van der Waals surface area contributed by atoms with Crippen LogP contribution < -0.4 is 5.32 Å². The molecule has 0 spiro atoms. The number of benzene rings is 2. The van der Waals surface area contributed by atoms with Gasteiger partial charge in [-0.2, -0.15) is 9.05 Å². The smallest absolute Gasteiger partial charge is 0.385 e. The van der Waals surface area contributed by atoms with Gasteiger partial charge in [-0.05, 0) is 36.4 Å². The predicted octanol–water partition coefficient (Wildman–Crippen LogP) is 3.89. The number of aliphatic hydroxyl groups is 1. The van der Waals surface area contributed by atoms with E-state index in [1.54, 1.807) is 16.7 Å². The highest BCUT2D eigenvalue weighted by Gasteiger charge is 2.57. The van der Waals surface area contributed by atoms with Gasteiger partial charge in [0.2, 0.25) is 0 Å². The number of rotatable bonds is 5. The van der Waals surface area contributed by atoms with Gasteiger partial charge in [-0.1, -0.05) is 41.6 Å². The molecule has 4 heterocycles. The summed E-state index contributed by atoms with van der Waals surface area (Å²) in [5.41, 5.74) is 1.77. The molecule has 2 fully saturated rings. The molecule has 36 heavy (non-hydrogen) atoms. The van der Waals surface area contributed by atoms with Crippen LogP contribution in [0.2, 0.25) is 5.02 Å². The van der Waals surface area contributed by atoms with Gasteiger partial charge in [0.1, 0.15) is 25.1 Å². The fourth-order valence-corrected chi connectivity index (χ4v) is 6.20. The van der Waals surface area contributed by atoms with E-state index in [0.29, 0.717) is 27.2 Å². The highest BCUT2D eigenvalue weighted by molar-refractivity contribution is 7.99. The van der Waals surface area contributed by atoms with E-state index in [0.717, 1.165) is 10.6 Å². The Bertz CT molecular complexity index is 1400. The van der Waals surface area contributed by atoms with Crippen LogP contribution in [0.5, 0.6) is 0 Å². The molecule has 2 aliphatic heterocycles. The van der Waals surface area contributed by atoms with Gasteiger partial charge in [-0.15, -0.1) is 0 Å². The minimum Gasteiger partial charge on any atom is -0.385 e. The Kier molecular flexibility index (Phi) is 6.39. The van der Waals surface area contributed by atoms with Crippen molar-refractivity contribution in [1.82, 2.24) is 19.5 Å². The summed E-state index contributed by atoms with van der Waals surface area (Å²) in [5.74, 6) is 0.495. The maximum Gasteiger partial charge on any atom is 0.488 e. The van der Waals surface area contributed by atoms with E-state index in [1.165, 1.54) is 18.1 Å². The molecule has 182 valence electrons. The van der Waals surface area contributed by atoms with Crippen LogP contribution in [0.3, 0.4) is 0 Å². The second-order valence-corrected chi connectivity index (χ2v) is 11.3. The SMILES string of the molecule is [B][P+]1(O)OC[C@H]2O[C@@H](n3c(Sc4ccc(Cl)cc4)nc4c(Nc5ccccc5)ncnc43)C(O)[C@H]2O1. The van der Waals surface area contributed by atoms with Gasteiger partial charge >= 0.3 is 15.4 Å². The number of ether oxygens (including phenoxy) is 1. The molecule has 0 amide bonds. The number of halogens is 1. The monoisotopic (exact) mass is 542 g/mol. The van der Waals surface area contributed by atoms with Crippen molar-refractivity contribution < 1.29 is 23.8 Å². The molecule has 4 aromatic rings. The number of aliphatic hydroxyl groups excluding tert-OH is 1. The molecule has 0 saturated carbocycles. The summed E-state index contributed by atoms with van der Waals surface area (Å²) in [6.07, 6.45) is -2.19. The maximum absolute atomic E-state index is 11.2. The van der Waals surface area contributed by atoms with Crippen molar-refractivity contribution in [3.63, 3.8) is 0 Å². The molecule has 2 saturated heterocycles. The van der Waals surface area contributed by atoms with Crippen molar-refractivity contribution >= 4 is 61.4 Å². The second kappa shape index (κ2) is 9.55. The molecule has 0 aliphatic carbocycles. The zero-order chi connectivity index (χ0) is 24.9. The summed E-state index contributed by atoms with van der Waals surface area (Å²) in [5, 5.41) is 15.6. The van der Waals surface area contributed by atoms with Crippen molar-refractivity contribution in [2.24, 2.45) is 0 Å². The normalized spacial score (nSPS) is 27.8. The number of aromatic nitrogens is 4. The van der Waals surface area contributed by atoms with Crippen molar-refractivity contribution in [2.75, 3.05) is 11.9 Å². The Morgan fingerprint density at radius 2 is 1.92 bits per heavy atom. The van der Waals surface area contributed by atoms with Gasteiger partial charge in [-0.25, -0.2) is 19.8 Å². The molecule has 2 aromatic heterocycles. The Balaban J connectivity index is 1.44. The van der Waals surface area contributed by atoms with E-state index < -0.39 is 32.4 Å². The van der Waals surface area contributed by atoms with Crippen LogP contribution in [-0.2, 0) is 13.8 Å². The fraction of sp³-hybridized carbons (Fsp3) is 0.227. The molecular formula is C22H19BClN5O5PS+. The van der Waals surface area contributed by atoms with Crippen LogP contribution >= 0.6 is 31.2 Å². The topological polar surface area (TPSA) is 124 Å². The van der Waals surface area contributed by atoms with Gasteiger partial charge in [0.05, 0.1) is 0 Å². The number of hydrogen-bond donors (Lipinski definition) is 3. The summed E-state index contributed by atoms with van der Waals surface area (Å²) >= 11 is 7.41. The average molecular weight is 543 g/mol. The van der Waals surface area contributed by atoms with Crippen LogP contribution in [0.25, 0.3) is 11.2 Å². The minimum absolute atomic E-state index is 0.0128. The Hall–Kier alpha value is -2.28. The van der Waals surface area contributed by atoms with E-state index in [-0.39, 0.29) is 6.61 Å². The minimum atomic E-state index is -3.53. The number of para-hydroxylation sites is 1. The molecule has 2 aliphatic rings. The summed E-state index contributed by atoms with van der Waals surface area (Å²) < 4.78 is 18.5. The number of imidazole rings is 1. The first-order valence-electron chi connectivity index (χ1n) is 10.9. The van der Waals surface area contributed by atoms with Gasteiger partial charge in [0.15, 0.2) is 34.5 Å². The van der Waals surface area contributed by atoms with Crippen LogP contribution in [0, 0.1) is 0 Å². The van der Waals surface area contributed by atoms with Gasteiger partial charge in [0, 0.05) is 15.6 Å². The summed E-state index contributed by atoms with van der Waals surface area (Å²) in [6.45, 7) is -0.0128. The van der Waals surface area contributed by atoms with Crippen LogP contribution in [0.4, 0.5) is 11.5 Å². The van der Waals surface area contributed by atoms with Crippen molar-refractivity contribution in [2.45, 2.75) is 34.6 Å². The van der Waals surface area contributed by atoms with E-state index in [2.05, 4.69) is 15.3 Å². The highest BCUT2D eigenvalue weighted by Crippen LogP contribution is 2.58. The molecule has 3 N–H and O–H groups in total. The third-order valence-corrected chi connectivity index (χ3v) is 8.06. The molecular weight excluding hydrogens is 524 g/mol. The lowest BCUT2D eigenvalue weighted by atomic mass is 10.1. The van der Waals surface area contributed by atoms with Gasteiger partial charge < -0.3 is 15.2 Å². The van der Waals surface area contributed by atoms with Crippen LogP contribution in [-0.4, -0.2) is 62.0 Å². The highest BCUT2D eigenvalue weighted by atomic mass is 35.5. The number of fused-ring (bicyclic) bond motifs is 2. The van der Waals surface area contributed by atoms with Gasteiger partial charge in [-0.3, -0.25) is 4.57 Å². The molecule has 10 nitrogen and oxygen atoms in total. The average Bonchev–Trinajstić information content (AvgIpc) is 3.38. The first kappa shape index (κ1) is 24.1. The predicted molar refractivity (Wildman–Crippen MR) is 136 cm³/mol. The lowest BCUT2D eigenvalue weighted by molar-refractivity contribution is -0.0628. The first-order chi connectivity index (χ1) is 17.4. The zero-order valence-electron chi connectivity index (χ0n) is 18.5. The zero-order valence-corrected chi connectivity index (χ0v) is 21.0. The van der Waals surface area contributed by atoms with E-state index in [9.17, 15) is 10.00 Å². The van der Waals surface area contributed by atoms with Crippen molar-refractivity contribution in [1.29, 1.82) is 0 Å². The van der Waals surface area contributed by atoms with E-state index in [1.807, 2.05) is 42.5 Å². The molecule has 2 radical (unpaired) electrons. The number of nitrogens with one attached hydrogen (secondary N) is 1. The van der Waals surface area contributed by atoms with Crippen LogP contribution in [0.15, 0.2) is 71.0 Å². The van der Waals surface area contributed by atoms with E-state index in [4.69, 9.17) is 37.9 Å². The summed E-state index contributed by atoms with van der Waals surface area (Å²) in [6, 6.07) is 16.9. The Labute approximate surface area is 216 Å². The largest absolute Gasteiger partial charge is 0.488 e. The molecule has 6 rings (SSSR count). The second-order valence-electron chi connectivity index (χ2n) is 8.19. The molecule has 5 atom stereocenters. The molecule has 2 unspecified atom stereocenters. The first-order valence-corrected chi connectivity index (χ1v) is 13.8. The maximum atomic E-state index is 11.2. The third kappa shape index (κ3) is 4.60. The van der Waals surface area contributed by atoms with E-state index >= 15 is 0 Å². The number of anilines is 2. The molecule has 0 bridgehead atoms. The Morgan fingerprint density at radius 1 is 1.14 bits per heavy atom. The fourth-order valence-electron chi connectivity index (χ4n) is 4.13. The molecule has 2 aromatic carbocycles.